The van der Waals surface area contributed by atoms with Gasteiger partial charge < -0.3 is 9.72 Å². The number of aromatic amines is 1. The molecule has 1 aromatic carbocycles. The summed E-state index contributed by atoms with van der Waals surface area (Å²) < 4.78 is 5.18. The van der Waals surface area contributed by atoms with Crippen LogP contribution < -0.4 is 4.74 Å². The van der Waals surface area contributed by atoms with Crippen molar-refractivity contribution in [3.8, 4) is 5.75 Å². The van der Waals surface area contributed by atoms with Gasteiger partial charge in [-0.2, -0.15) is 0 Å². The van der Waals surface area contributed by atoms with E-state index in [9.17, 15) is 0 Å². The standard InChI is InChI=1S/C13H10ClN3OS/c1-18-8-5-6-9-10(7-8)16-13(15-9)19-12-4-2-3-11(14)17-12/h2-7H,1H3,(H,15,16). The summed E-state index contributed by atoms with van der Waals surface area (Å²) >= 11 is 7.30. The third-order valence-corrected chi connectivity index (χ3v) is 3.59. The topological polar surface area (TPSA) is 50.8 Å². The third-order valence-electron chi connectivity index (χ3n) is 2.56. The number of H-pyrrole nitrogens is 1. The summed E-state index contributed by atoms with van der Waals surface area (Å²) in [6.45, 7) is 0. The van der Waals surface area contributed by atoms with E-state index in [1.807, 2.05) is 30.3 Å². The number of hydrogen-bond acceptors (Lipinski definition) is 4. The van der Waals surface area contributed by atoms with Gasteiger partial charge in [0.2, 0.25) is 0 Å². The summed E-state index contributed by atoms with van der Waals surface area (Å²) in [5.41, 5.74) is 1.83. The number of benzene rings is 1. The third kappa shape index (κ3) is 2.67. The van der Waals surface area contributed by atoms with E-state index in [4.69, 9.17) is 16.3 Å². The Labute approximate surface area is 119 Å². The normalized spacial score (nSPS) is 10.8. The SMILES string of the molecule is COc1ccc2nc(Sc3cccc(Cl)n3)[nH]c2c1. The van der Waals surface area contributed by atoms with E-state index in [2.05, 4.69) is 15.0 Å². The van der Waals surface area contributed by atoms with E-state index in [0.717, 1.165) is 27.0 Å². The van der Waals surface area contributed by atoms with Crippen LogP contribution in [0.3, 0.4) is 0 Å². The predicted octanol–water partition coefficient (Wildman–Crippen LogP) is 3.77. The van der Waals surface area contributed by atoms with Gasteiger partial charge in [0.05, 0.1) is 18.1 Å². The van der Waals surface area contributed by atoms with Gasteiger partial charge >= 0.3 is 0 Å². The zero-order valence-electron chi connectivity index (χ0n) is 10.1. The summed E-state index contributed by atoms with van der Waals surface area (Å²) in [6, 6.07) is 11.2. The van der Waals surface area contributed by atoms with E-state index >= 15 is 0 Å². The second-order valence-electron chi connectivity index (χ2n) is 3.83. The number of hydrogen-bond donors (Lipinski definition) is 1. The van der Waals surface area contributed by atoms with Gasteiger partial charge in [0.25, 0.3) is 0 Å². The van der Waals surface area contributed by atoms with E-state index in [1.165, 1.54) is 11.8 Å². The van der Waals surface area contributed by atoms with Crippen molar-refractivity contribution < 1.29 is 4.74 Å². The van der Waals surface area contributed by atoms with Gasteiger partial charge in [-0.3, -0.25) is 0 Å². The molecule has 2 aromatic heterocycles. The molecule has 2 heterocycles. The highest BCUT2D eigenvalue weighted by molar-refractivity contribution is 7.99. The number of aromatic nitrogens is 3. The van der Waals surface area contributed by atoms with Crippen LogP contribution in [-0.4, -0.2) is 22.1 Å². The maximum Gasteiger partial charge on any atom is 0.172 e. The quantitative estimate of drug-likeness (QED) is 0.746. The minimum atomic E-state index is 0.475. The van der Waals surface area contributed by atoms with Crippen molar-refractivity contribution in [2.45, 2.75) is 10.2 Å². The van der Waals surface area contributed by atoms with Gasteiger partial charge in [0.15, 0.2) is 5.16 Å². The first-order valence-electron chi connectivity index (χ1n) is 5.59. The molecule has 6 heteroatoms. The van der Waals surface area contributed by atoms with Gasteiger partial charge in [-0.25, -0.2) is 9.97 Å². The molecule has 96 valence electrons. The Bertz CT molecular complexity index is 729. The molecule has 0 bridgehead atoms. The number of methoxy groups -OCH3 is 1. The number of rotatable bonds is 3. The molecule has 1 N–H and O–H groups in total. The highest BCUT2D eigenvalue weighted by Crippen LogP contribution is 2.27. The van der Waals surface area contributed by atoms with Crippen molar-refractivity contribution in [3.63, 3.8) is 0 Å². The van der Waals surface area contributed by atoms with E-state index in [1.54, 1.807) is 13.2 Å². The Hall–Kier alpha value is -1.72. The second-order valence-corrected chi connectivity index (χ2v) is 5.22. The summed E-state index contributed by atoms with van der Waals surface area (Å²) in [5.74, 6) is 0.800. The minimum absolute atomic E-state index is 0.475. The molecular weight excluding hydrogens is 282 g/mol. The largest absolute Gasteiger partial charge is 0.497 e. The van der Waals surface area contributed by atoms with Crippen molar-refractivity contribution in [1.29, 1.82) is 0 Å². The number of halogens is 1. The van der Waals surface area contributed by atoms with Crippen LogP contribution in [-0.2, 0) is 0 Å². The molecule has 0 saturated carbocycles. The molecule has 0 saturated heterocycles. The lowest BCUT2D eigenvalue weighted by Crippen LogP contribution is -1.81. The molecule has 3 rings (SSSR count). The fraction of sp³-hybridized carbons (Fsp3) is 0.0769. The first kappa shape index (κ1) is 12.3. The fourth-order valence-corrected chi connectivity index (χ4v) is 2.69. The fourth-order valence-electron chi connectivity index (χ4n) is 1.69. The monoisotopic (exact) mass is 291 g/mol. The number of nitrogens with zero attached hydrogens (tertiary/aromatic N) is 2. The van der Waals surface area contributed by atoms with Crippen LogP contribution in [0.1, 0.15) is 0 Å². The molecule has 0 amide bonds. The predicted molar refractivity (Wildman–Crippen MR) is 76.0 cm³/mol. The zero-order valence-corrected chi connectivity index (χ0v) is 11.6. The molecule has 0 aliphatic rings. The van der Waals surface area contributed by atoms with Crippen LogP contribution in [0.4, 0.5) is 0 Å². The van der Waals surface area contributed by atoms with Gasteiger partial charge in [-0.05, 0) is 36.0 Å². The molecule has 4 nitrogen and oxygen atoms in total. The van der Waals surface area contributed by atoms with Crippen LogP contribution in [0.15, 0.2) is 46.6 Å². The summed E-state index contributed by atoms with van der Waals surface area (Å²) in [7, 11) is 1.64. The molecule has 0 spiro atoms. The molecular formula is C13H10ClN3OS. The average molecular weight is 292 g/mol. The second kappa shape index (κ2) is 5.11. The maximum atomic E-state index is 5.86. The Balaban J connectivity index is 1.93. The number of fused-ring (bicyclic) bond motifs is 1. The van der Waals surface area contributed by atoms with Gasteiger partial charge in [-0.1, -0.05) is 17.7 Å². The molecule has 0 atom stereocenters. The van der Waals surface area contributed by atoms with Crippen LogP contribution >= 0.6 is 23.4 Å². The number of ether oxygens (including phenoxy) is 1. The Morgan fingerprint density at radius 1 is 1.21 bits per heavy atom. The van der Waals surface area contributed by atoms with Crippen LogP contribution in [0.2, 0.25) is 5.15 Å². The van der Waals surface area contributed by atoms with Gasteiger partial charge in [0.1, 0.15) is 15.9 Å². The molecule has 0 radical (unpaired) electrons. The molecule has 19 heavy (non-hydrogen) atoms. The van der Waals surface area contributed by atoms with Crippen LogP contribution in [0.5, 0.6) is 5.75 Å². The summed E-state index contributed by atoms with van der Waals surface area (Å²) in [5, 5.41) is 2.05. The molecule has 0 aliphatic heterocycles. The van der Waals surface area contributed by atoms with Crippen LogP contribution in [0, 0.1) is 0 Å². The highest BCUT2D eigenvalue weighted by Gasteiger charge is 2.06. The Kier molecular flexibility index (Phi) is 3.31. The van der Waals surface area contributed by atoms with Gasteiger partial charge in [0, 0.05) is 6.07 Å². The number of imidazole rings is 1. The van der Waals surface area contributed by atoms with Gasteiger partial charge in [-0.15, -0.1) is 0 Å². The number of nitrogens with one attached hydrogen (secondary N) is 1. The first-order valence-corrected chi connectivity index (χ1v) is 6.78. The van der Waals surface area contributed by atoms with Crippen molar-refractivity contribution in [2.24, 2.45) is 0 Å². The minimum Gasteiger partial charge on any atom is -0.497 e. The van der Waals surface area contributed by atoms with E-state index in [-0.39, 0.29) is 0 Å². The lowest BCUT2D eigenvalue weighted by Gasteiger charge is -1.97. The number of pyridine rings is 1. The summed E-state index contributed by atoms with van der Waals surface area (Å²) in [4.78, 5) is 11.9. The summed E-state index contributed by atoms with van der Waals surface area (Å²) in [6.07, 6.45) is 0. The Morgan fingerprint density at radius 3 is 2.89 bits per heavy atom. The molecule has 0 unspecified atom stereocenters. The average Bonchev–Trinajstić information content (AvgIpc) is 2.79. The van der Waals surface area contributed by atoms with E-state index < -0.39 is 0 Å². The maximum absolute atomic E-state index is 5.86. The van der Waals surface area contributed by atoms with E-state index in [0.29, 0.717) is 5.15 Å². The lowest BCUT2D eigenvalue weighted by molar-refractivity contribution is 0.415. The van der Waals surface area contributed by atoms with Crippen molar-refractivity contribution in [3.05, 3.63) is 41.6 Å². The molecule has 0 aliphatic carbocycles. The molecule has 3 aromatic rings. The van der Waals surface area contributed by atoms with Crippen molar-refractivity contribution in [1.82, 2.24) is 15.0 Å². The first-order chi connectivity index (χ1) is 9.24. The van der Waals surface area contributed by atoms with Crippen molar-refractivity contribution in [2.75, 3.05) is 7.11 Å². The van der Waals surface area contributed by atoms with Crippen molar-refractivity contribution >= 4 is 34.4 Å². The molecule has 0 fully saturated rings. The smallest absolute Gasteiger partial charge is 0.172 e. The zero-order chi connectivity index (χ0) is 13.2. The Morgan fingerprint density at radius 2 is 2.11 bits per heavy atom. The van der Waals surface area contributed by atoms with Crippen LogP contribution in [0.25, 0.3) is 11.0 Å². The lowest BCUT2D eigenvalue weighted by atomic mass is 10.3. The highest BCUT2D eigenvalue weighted by atomic mass is 35.5.